The zero-order valence-corrected chi connectivity index (χ0v) is 13.3. The Morgan fingerprint density at radius 2 is 1.78 bits per heavy atom. The number of carbonyl (C=O) groups is 2. The second kappa shape index (κ2) is 7.74. The molecule has 23 heavy (non-hydrogen) atoms. The molecular formula is C17H16ClFN2O2. The third-order valence-electron chi connectivity index (χ3n) is 3.26. The molecule has 2 rings (SSSR count). The second-order valence-electron chi connectivity index (χ2n) is 4.92. The number of amides is 2. The minimum Gasteiger partial charge on any atom is -0.350 e. The number of para-hydroxylation sites is 1. The molecule has 0 saturated heterocycles. The predicted molar refractivity (Wildman–Crippen MR) is 87.7 cm³/mol. The van der Waals surface area contributed by atoms with Gasteiger partial charge in [0.2, 0.25) is 11.8 Å². The van der Waals surface area contributed by atoms with E-state index in [2.05, 4.69) is 5.32 Å². The number of nitrogens with zero attached hydrogens (tertiary/aromatic N) is 1. The molecule has 0 unspecified atom stereocenters. The zero-order valence-electron chi connectivity index (χ0n) is 12.6. The van der Waals surface area contributed by atoms with E-state index < -0.39 is 17.6 Å². The Labute approximate surface area is 138 Å². The number of halogens is 2. The Bertz CT molecular complexity index is 721. The Balaban J connectivity index is 2.03. The van der Waals surface area contributed by atoms with Crippen LogP contribution in [0.5, 0.6) is 0 Å². The highest BCUT2D eigenvalue weighted by molar-refractivity contribution is 6.31. The summed E-state index contributed by atoms with van der Waals surface area (Å²) in [4.78, 5) is 24.9. The summed E-state index contributed by atoms with van der Waals surface area (Å²) in [5.41, 5.74) is 0.843. The summed E-state index contributed by atoms with van der Waals surface area (Å²) in [7, 11) is 0. The third-order valence-corrected chi connectivity index (χ3v) is 3.63. The number of carbonyl (C=O) groups excluding carboxylic acids is 2. The van der Waals surface area contributed by atoms with Gasteiger partial charge in [-0.15, -0.1) is 0 Å². The summed E-state index contributed by atoms with van der Waals surface area (Å²) in [6.07, 6.45) is 0. The molecule has 0 fully saturated rings. The maximum absolute atomic E-state index is 13.8. The van der Waals surface area contributed by atoms with E-state index in [1.165, 1.54) is 25.1 Å². The van der Waals surface area contributed by atoms with Crippen molar-refractivity contribution in [1.29, 1.82) is 0 Å². The number of anilines is 1. The van der Waals surface area contributed by atoms with Crippen LogP contribution in [0.25, 0.3) is 0 Å². The van der Waals surface area contributed by atoms with E-state index >= 15 is 0 Å². The Kier molecular flexibility index (Phi) is 5.71. The average Bonchev–Trinajstić information content (AvgIpc) is 2.52. The molecule has 0 spiro atoms. The third kappa shape index (κ3) is 4.53. The lowest BCUT2D eigenvalue weighted by Gasteiger charge is -2.21. The Morgan fingerprint density at radius 1 is 1.13 bits per heavy atom. The van der Waals surface area contributed by atoms with Crippen molar-refractivity contribution in [2.45, 2.75) is 13.5 Å². The van der Waals surface area contributed by atoms with E-state index in [0.29, 0.717) is 5.02 Å². The first-order valence-electron chi connectivity index (χ1n) is 7.02. The molecule has 1 N–H and O–H groups in total. The van der Waals surface area contributed by atoms with Crippen LogP contribution < -0.4 is 10.2 Å². The maximum Gasteiger partial charge on any atom is 0.240 e. The molecule has 0 saturated carbocycles. The fourth-order valence-corrected chi connectivity index (χ4v) is 2.27. The van der Waals surface area contributed by atoms with Gasteiger partial charge in [0.05, 0.1) is 5.69 Å². The molecule has 0 aliphatic carbocycles. The largest absolute Gasteiger partial charge is 0.350 e. The zero-order chi connectivity index (χ0) is 16.8. The van der Waals surface area contributed by atoms with Crippen LogP contribution in [0.4, 0.5) is 10.1 Å². The van der Waals surface area contributed by atoms with Crippen LogP contribution in [0.1, 0.15) is 12.5 Å². The summed E-state index contributed by atoms with van der Waals surface area (Å²) in [6, 6.07) is 13.0. The molecule has 4 nitrogen and oxygen atoms in total. The summed E-state index contributed by atoms with van der Waals surface area (Å²) in [6.45, 7) is 1.26. The number of hydrogen-bond donors (Lipinski definition) is 1. The van der Waals surface area contributed by atoms with Crippen molar-refractivity contribution in [3.63, 3.8) is 0 Å². The number of hydrogen-bond acceptors (Lipinski definition) is 2. The number of nitrogens with one attached hydrogen (secondary N) is 1. The molecule has 2 amide bonds. The minimum absolute atomic E-state index is 0.0768. The second-order valence-corrected chi connectivity index (χ2v) is 5.33. The first-order chi connectivity index (χ1) is 11.0. The van der Waals surface area contributed by atoms with Gasteiger partial charge in [0.25, 0.3) is 0 Å². The van der Waals surface area contributed by atoms with E-state index in [1.807, 2.05) is 6.07 Å². The molecule has 0 aromatic heterocycles. The molecule has 0 aliphatic heterocycles. The van der Waals surface area contributed by atoms with Crippen molar-refractivity contribution < 1.29 is 14.0 Å². The van der Waals surface area contributed by atoms with Gasteiger partial charge in [0.1, 0.15) is 12.4 Å². The van der Waals surface area contributed by atoms with Gasteiger partial charge in [-0.25, -0.2) is 4.39 Å². The van der Waals surface area contributed by atoms with Crippen LogP contribution in [0.2, 0.25) is 5.02 Å². The van der Waals surface area contributed by atoms with Gasteiger partial charge in [0.15, 0.2) is 0 Å². The van der Waals surface area contributed by atoms with Gasteiger partial charge < -0.3 is 10.2 Å². The fourth-order valence-electron chi connectivity index (χ4n) is 2.07. The van der Waals surface area contributed by atoms with Crippen LogP contribution in [0.3, 0.4) is 0 Å². The molecule has 0 heterocycles. The molecule has 0 bridgehead atoms. The quantitative estimate of drug-likeness (QED) is 0.913. The highest BCUT2D eigenvalue weighted by Crippen LogP contribution is 2.19. The van der Waals surface area contributed by atoms with Crippen LogP contribution in [0.15, 0.2) is 48.5 Å². The topological polar surface area (TPSA) is 49.4 Å². The average molecular weight is 335 g/mol. The van der Waals surface area contributed by atoms with Gasteiger partial charge in [-0.1, -0.05) is 41.9 Å². The standard InChI is InChI=1S/C17H16ClFN2O2/c1-12(22)21(16-9-5-4-8-15(16)19)11-17(23)20-10-13-6-2-3-7-14(13)18/h2-9H,10-11H2,1H3,(H,20,23). The lowest BCUT2D eigenvalue weighted by molar-refractivity contribution is -0.123. The van der Waals surface area contributed by atoms with Gasteiger partial charge in [0, 0.05) is 18.5 Å². The number of rotatable bonds is 5. The highest BCUT2D eigenvalue weighted by atomic mass is 35.5. The van der Waals surface area contributed by atoms with Crippen LogP contribution in [-0.2, 0) is 16.1 Å². The molecule has 0 aliphatic rings. The smallest absolute Gasteiger partial charge is 0.240 e. The van der Waals surface area contributed by atoms with Crippen LogP contribution in [0, 0.1) is 5.82 Å². The normalized spacial score (nSPS) is 10.2. The summed E-state index contributed by atoms with van der Waals surface area (Å²) >= 11 is 6.02. The van der Waals surface area contributed by atoms with E-state index in [4.69, 9.17) is 11.6 Å². The molecule has 2 aromatic carbocycles. The van der Waals surface area contributed by atoms with Gasteiger partial charge in [-0.05, 0) is 23.8 Å². The van der Waals surface area contributed by atoms with Gasteiger partial charge in [-0.3, -0.25) is 9.59 Å². The van der Waals surface area contributed by atoms with E-state index in [-0.39, 0.29) is 18.8 Å². The summed E-state index contributed by atoms with van der Waals surface area (Å²) in [5.74, 6) is -1.37. The highest BCUT2D eigenvalue weighted by Gasteiger charge is 2.18. The monoisotopic (exact) mass is 334 g/mol. The molecule has 0 atom stereocenters. The van der Waals surface area contributed by atoms with Crippen LogP contribution in [-0.4, -0.2) is 18.4 Å². The Hall–Kier alpha value is -2.40. The first-order valence-corrected chi connectivity index (χ1v) is 7.39. The molecular weight excluding hydrogens is 319 g/mol. The maximum atomic E-state index is 13.8. The summed E-state index contributed by atoms with van der Waals surface area (Å²) in [5, 5.41) is 3.22. The van der Waals surface area contributed by atoms with Gasteiger partial charge >= 0.3 is 0 Å². The summed E-state index contributed by atoms with van der Waals surface area (Å²) < 4.78 is 13.8. The van der Waals surface area contributed by atoms with Crippen molar-refractivity contribution in [2.75, 3.05) is 11.4 Å². The molecule has 120 valence electrons. The van der Waals surface area contributed by atoms with Crippen molar-refractivity contribution in [1.82, 2.24) is 5.32 Å². The van der Waals surface area contributed by atoms with E-state index in [1.54, 1.807) is 24.3 Å². The molecule has 0 radical (unpaired) electrons. The molecule has 6 heteroatoms. The lowest BCUT2D eigenvalue weighted by Crippen LogP contribution is -2.40. The van der Waals surface area contributed by atoms with Crippen molar-refractivity contribution in [2.24, 2.45) is 0 Å². The van der Waals surface area contributed by atoms with Crippen molar-refractivity contribution >= 4 is 29.1 Å². The van der Waals surface area contributed by atoms with Crippen molar-refractivity contribution in [3.05, 3.63) is 64.9 Å². The van der Waals surface area contributed by atoms with E-state index in [9.17, 15) is 14.0 Å². The number of benzene rings is 2. The molecule has 2 aromatic rings. The first kappa shape index (κ1) is 17.0. The lowest BCUT2D eigenvalue weighted by atomic mass is 10.2. The van der Waals surface area contributed by atoms with Crippen LogP contribution >= 0.6 is 11.6 Å². The van der Waals surface area contributed by atoms with E-state index in [0.717, 1.165) is 10.5 Å². The van der Waals surface area contributed by atoms with Gasteiger partial charge in [-0.2, -0.15) is 0 Å². The minimum atomic E-state index is -0.554. The fraction of sp³-hybridized carbons (Fsp3) is 0.176. The van der Waals surface area contributed by atoms with Crippen molar-refractivity contribution in [3.8, 4) is 0 Å². The predicted octanol–water partition coefficient (Wildman–Crippen LogP) is 3.15. The Morgan fingerprint density at radius 3 is 2.43 bits per heavy atom. The SMILES string of the molecule is CC(=O)N(CC(=O)NCc1ccccc1Cl)c1ccccc1F.